The van der Waals surface area contributed by atoms with Crippen LogP contribution in [0.4, 0.5) is 0 Å². The van der Waals surface area contributed by atoms with Crippen molar-refractivity contribution in [3.63, 3.8) is 0 Å². The lowest BCUT2D eigenvalue weighted by Gasteiger charge is -2.34. The van der Waals surface area contributed by atoms with E-state index in [-0.39, 0.29) is 24.1 Å². The average Bonchev–Trinajstić information content (AvgIpc) is 3.29. The highest BCUT2D eigenvalue weighted by Crippen LogP contribution is 2.38. The molecule has 1 unspecified atom stereocenters. The Bertz CT molecular complexity index is 833. The zero-order valence-corrected chi connectivity index (χ0v) is 15.3. The lowest BCUT2D eigenvalue weighted by Crippen LogP contribution is -2.52. The number of benzene rings is 1. The fourth-order valence-corrected chi connectivity index (χ4v) is 4.65. The van der Waals surface area contributed by atoms with Crippen LogP contribution in [0, 0.1) is 0 Å². The van der Waals surface area contributed by atoms with Crippen LogP contribution in [-0.4, -0.2) is 58.7 Å². The van der Waals surface area contributed by atoms with Crippen molar-refractivity contribution in [2.24, 2.45) is 0 Å². The second-order valence-corrected chi connectivity index (χ2v) is 8.31. The van der Waals surface area contributed by atoms with Gasteiger partial charge in [0.1, 0.15) is 6.04 Å². The first kappa shape index (κ1) is 16.9. The van der Waals surface area contributed by atoms with Gasteiger partial charge in [-0.25, -0.2) is 0 Å². The number of fused-ring (bicyclic) bond motifs is 1. The number of carbonyl (C=O) groups is 3. The number of nitrogens with zero attached hydrogens (tertiary/aromatic N) is 2. The Kier molecular flexibility index (Phi) is 3.84. The van der Waals surface area contributed by atoms with Crippen LogP contribution in [0.1, 0.15) is 47.2 Å². The molecule has 3 aliphatic heterocycles. The summed E-state index contributed by atoms with van der Waals surface area (Å²) < 4.78 is 0. The van der Waals surface area contributed by atoms with Crippen LogP contribution in [0.3, 0.4) is 0 Å². The van der Waals surface area contributed by atoms with E-state index >= 15 is 0 Å². The first-order chi connectivity index (χ1) is 13.0. The van der Waals surface area contributed by atoms with Crippen LogP contribution in [0.5, 0.6) is 0 Å². The summed E-state index contributed by atoms with van der Waals surface area (Å²) in [7, 11) is 0. The molecule has 7 nitrogen and oxygen atoms in total. The van der Waals surface area contributed by atoms with Crippen molar-refractivity contribution in [2.45, 2.75) is 50.4 Å². The Hall–Kier alpha value is -2.25. The highest BCUT2D eigenvalue weighted by atomic mass is 16.2. The maximum absolute atomic E-state index is 12.8. The molecule has 1 atom stereocenters. The summed E-state index contributed by atoms with van der Waals surface area (Å²) >= 11 is 0. The summed E-state index contributed by atoms with van der Waals surface area (Å²) in [6, 6.07) is 5.50. The summed E-state index contributed by atoms with van der Waals surface area (Å²) in [6.45, 7) is 4.50. The molecule has 27 heavy (non-hydrogen) atoms. The molecular formula is C20H24N4O3. The Morgan fingerprint density at radius 1 is 1.19 bits per heavy atom. The van der Waals surface area contributed by atoms with Crippen LogP contribution >= 0.6 is 0 Å². The topological polar surface area (TPSA) is 81.8 Å². The zero-order valence-electron chi connectivity index (χ0n) is 15.3. The van der Waals surface area contributed by atoms with Crippen molar-refractivity contribution < 1.29 is 14.4 Å². The SMILES string of the molecule is O=C1CCC(N2Cc3cc(CN4CCNC5(CC5)C4)ccc3C2=O)C(=O)N1. The van der Waals surface area contributed by atoms with E-state index in [9.17, 15) is 14.4 Å². The fourth-order valence-electron chi connectivity index (χ4n) is 4.65. The van der Waals surface area contributed by atoms with Gasteiger partial charge in [0.15, 0.2) is 0 Å². The molecule has 4 aliphatic rings. The van der Waals surface area contributed by atoms with Gasteiger partial charge in [-0.15, -0.1) is 0 Å². The average molecular weight is 368 g/mol. The molecule has 1 aromatic carbocycles. The highest BCUT2D eigenvalue weighted by molar-refractivity contribution is 6.05. The molecule has 2 saturated heterocycles. The third-order valence-electron chi connectivity index (χ3n) is 6.30. The van der Waals surface area contributed by atoms with Gasteiger partial charge < -0.3 is 10.2 Å². The number of hydrogen-bond donors (Lipinski definition) is 2. The quantitative estimate of drug-likeness (QED) is 0.754. The molecule has 5 rings (SSSR count). The smallest absolute Gasteiger partial charge is 0.255 e. The minimum Gasteiger partial charge on any atom is -0.322 e. The fraction of sp³-hybridized carbons (Fsp3) is 0.550. The van der Waals surface area contributed by atoms with Crippen molar-refractivity contribution in [3.8, 4) is 0 Å². The predicted molar refractivity (Wildman–Crippen MR) is 97.7 cm³/mol. The maximum Gasteiger partial charge on any atom is 0.255 e. The first-order valence-corrected chi connectivity index (χ1v) is 9.77. The summed E-state index contributed by atoms with van der Waals surface area (Å²) in [4.78, 5) is 40.4. The van der Waals surface area contributed by atoms with E-state index in [0.717, 1.165) is 31.7 Å². The van der Waals surface area contributed by atoms with Crippen molar-refractivity contribution in [1.82, 2.24) is 20.4 Å². The molecule has 3 amide bonds. The van der Waals surface area contributed by atoms with Gasteiger partial charge >= 0.3 is 0 Å². The summed E-state index contributed by atoms with van der Waals surface area (Å²) in [6.07, 6.45) is 3.22. The zero-order chi connectivity index (χ0) is 18.6. The van der Waals surface area contributed by atoms with Gasteiger partial charge in [0.2, 0.25) is 11.8 Å². The van der Waals surface area contributed by atoms with Gasteiger partial charge in [0, 0.05) is 50.2 Å². The minimum absolute atomic E-state index is 0.106. The van der Waals surface area contributed by atoms with E-state index < -0.39 is 6.04 Å². The van der Waals surface area contributed by atoms with Crippen LogP contribution in [0.2, 0.25) is 0 Å². The first-order valence-electron chi connectivity index (χ1n) is 9.77. The lowest BCUT2D eigenvalue weighted by molar-refractivity contribution is -0.136. The van der Waals surface area contributed by atoms with Crippen molar-refractivity contribution >= 4 is 17.7 Å². The van der Waals surface area contributed by atoms with Gasteiger partial charge in [-0.3, -0.25) is 24.6 Å². The Labute approximate surface area is 158 Å². The number of piperazine rings is 1. The van der Waals surface area contributed by atoms with Crippen molar-refractivity contribution in [1.29, 1.82) is 0 Å². The number of piperidine rings is 1. The number of carbonyl (C=O) groups excluding carboxylic acids is 3. The number of hydrogen-bond acceptors (Lipinski definition) is 5. The second kappa shape index (κ2) is 6.14. The molecule has 142 valence electrons. The summed E-state index contributed by atoms with van der Waals surface area (Å²) in [5.74, 6) is -0.722. The van der Waals surface area contributed by atoms with Crippen LogP contribution in [0.25, 0.3) is 0 Å². The minimum atomic E-state index is -0.547. The van der Waals surface area contributed by atoms with E-state index in [1.165, 1.54) is 18.4 Å². The molecule has 0 bridgehead atoms. The van der Waals surface area contributed by atoms with E-state index in [2.05, 4.69) is 21.6 Å². The molecule has 0 aromatic heterocycles. The monoisotopic (exact) mass is 368 g/mol. The molecule has 1 saturated carbocycles. The third-order valence-corrected chi connectivity index (χ3v) is 6.30. The molecule has 1 spiro atoms. The predicted octanol–water partition coefficient (Wildman–Crippen LogP) is 0.385. The van der Waals surface area contributed by atoms with Gasteiger partial charge in [-0.1, -0.05) is 12.1 Å². The highest BCUT2D eigenvalue weighted by Gasteiger charge is 2.45. The standard InChI is InChI=1S/C20H24N4O3/c25-17-4-3-16(18(26)22-17)24-11-14-9-13(1-2-15(14)19(24)27)10-23-8-7-21-20(12-23)5-6-20/h1-2,9,16,21H,3-8,10-12H2,(H,22,25,26). The molecule has 3 heterocycles. The molecule has 7 heteroatoms. The number of amides is 3. The van der Waals surface area contributed by atoms with Crippen LogP contribution < -0.4 is 10.6 Å². The lowest BCUT2D eigenvalue weighted by atomic mass is 10.0. The normalized spacial score (nSPS) is 27.0. The van der Waals surface area contributed by atoms with Gasteiger partial charge in [0.05, 0.1) is 0 Å². The van der Waals surface area contributed by atoms with E-state index in [4.69, 9.17) is 0 Å². The summed E-state index contributed by atoms with van der Waals surface area (Å²) in [5.41, 5.74) is 3.23. The number of rotatable bonds is 3. The number of nitrogens with one attached hydrogen (secondary N) is 2. The van der Waals surface area contributed by atoms with E-state index in [0.29, 0.717) is 24.1 Å². The van der Waals surface area contributed by atoms with Gasteiger partial charge in [-0.05, 0) is 36.5 Å². The molecule has 1 aliphatic carbocycles. The Morgan fingerprint density at radius 2 is 2.04 bits per heavy atom. The largest absolute Gasteiger partial charge is 0.322 e. The van der Waals surface area contributed by atoms with Gasteiger partial charge in [-0.2, -0.15) is 0 Å². The van der Waals surface area contributed by atoms with Crippen LogP contribution in [-0.2, 0) is 22.7 Å². The second-order valence-electron chi connectivity index (χ2n) is 8.31. The van der Waals surface area contributed by atoms with Crippen LogP contribution in [0.15, 0.2) is 18.2 Å². The molecule has 1 aromatic rings. The van der Waals surface area contributed by atoms with Crippen molar-refractivity contribution in [3.05, 3.63) is 34.9 Å². The van der Waals surface area contributed by atoms with E-state index in [1.807, 2.05) is 12.1 Å². The third kappa shape index (κ3) is 3.04. The molecule has 3 fully saturated rings. The van der Waals surface area contributed by atoms with Gasteiger partial charge in [0.25, 0.3) is 5.91 Å². The van der Waals surface area contributed by atoms with Crippen molar-refractivity contribution in [2.75, 3.05) is 19.6 Å². The number of imide groups is 1. The molecular weight excluding hydrogens is 344 g/mol. The molecule has 0 radical (unpaired) electrons. The van der Waals surface area contributed by atoms with E-state index in [1.54, 1.807) is 4.90 Å². The molecule has 2 N–H and O–H groups in total. The Morgan fingerprint density at radius 3 is 2.81 bits per heavy atom. The summed E-state index contributed by atoms with van der Waals surface area (Å²) in [5, 5.41) is 5.98. The maximum atomic E-state index is 12.8. The Balaban J connectivity index is 1.30.